The number of aromatic nitrogens is 1. The highest BCUT2D eigenvalue weighted by Gasteiger charge is 2.07. The van der Waals surface area contributed by atoms with Crippen molar-refractivity contribution in [2.45, 2.75) is 0 Å². The van der Waals surface area contributed by atoms with Crippen molar-refractivity contribution in [3.63, 3.8) is 0 Å². The lowest BCUT2D eigenvalue weighted by Crippen LogP contribution is -1.88. The maximum absolute atomic E-state index is 8.92. The van der Waals surface area contributed by atoms with Gasteiger partial charge < -0.3 is 0 Å². The van der Waals surface area contributed by atoms with E-state index in [1.54, 1.807) is 18.3 Å². The standard InChI is InChI=1S/C12H7ClN2/c13-11-6-2-1-4-9(11)10-5-3-7-15-12(10)8-14/h1-7H. The number of nitriles is 1. The summed E-state index contributed by atoms with van der Waals surface area (Å²) in [6.45, 7) is 0. The number of rotatable bonds is 1. The Hall–Kier alpha value is -1.85. The number of pyridine rings is 1. The fraction of sp³-hybridized carbons (Fsp3) is 0. The predicted octanol–water partition coefficient (Wildman–Crippen LogP) is 3.27. The molecule has 0 aliphatic carbocycles. The molecule has 1 heterocycles. The second-order valence-corrected chi connectivity index (χ2v) is 3.40. The van der Waals surface area contributed by atoms with E-state index in [-0.39, 0.29) is 0 Å². The first kappa shape index (κ1) is 9.70. The molecule has 72 valence electrons. The van der Waals surface area contributed by atoms with Gasteiger partial charge in [0.05, 0.1) is 0 Å². The molecule has 0 bridgehead atoms. The van der Waals surface area contributed by atoms with Crippen LogP contribution in [0.25, 0.3) is 11.1 Å². The number of benzene rings is 1. The van der Waals surface area contributed by atoms with Crippen molar-refractivity contribution in [2.24, 2.45) is 0 Å². The highest BCUT2D eigenvalue weighted by Crippen LogP contribution is 2.28. The van der Waals surface area contributed by atoms with Gasteiger partial charge in [-0.3, -0.25) is 0 Å². The van der Waals surface area contributed by atoms with Crippen molar-refractivity contribution < 1.29 is 0 Å². The third kappa shape index (κ3) is 1.83. The quantitative estimate of drug-likeness (QED) is 0.731. The van der Waals surface area contributed by atoms with Crippen LogP contribution in [0.5, 0.6) is 0 Å². The van der Waals surface area contributed by atoms with E-state index in [0.717, 1.165) is 11.1 Å². The maximum atomic E-state index is 8.92. The Morgan fingerprint density at radius 1 is 1.07 bits per heavy atom. The molecule has 0 radical (unpaired) electrons. The fourth-order valence-corrected chi connectivity index (χ4v) is 1.63. The number of halogens is 1. The van der Waals surface area contributed by atoms with E-state index in [0.29, 0.717) is 10.7 Å². The molecule has 0 unspecified atom stereocenters. The van der Waals surface area contributed by atoms with Crippen LogP contribution >= 0.6 is 11.6 Å². The first-order valence-corrected chi connectivity index (χ1v) is 4.81. The molecule has 2 aromatic rings. The summed E-state index contributed by atoms with van der Waals surface area (Å²) in [7, 11) is 0. The van der Waals surface area contributed by atoms with E-state index in [4.69, 9.17) is 16.9 Å². The largest absolute Gasteiger partial charge is 0.245 e. The van der Waals surface area contributed by atoms with Crippen molar-refractivity contribution >= 4 is 11.6 Å². The van der Waals surface area contributed by atoms with E-state index in [2.05, 4.69) is 11.1 Å². The Morgan fingerprint density at radius 3 is 2.53 bits per heavy atom. The summed E-state index contributed by atoms with van der Waals surface area (Å²) in [5.41, 5.74) is 2.00. The van der Waals surface area contributed by atoms with E-state index in [1.807, 2.05) is 24.3 Å². The summed E-state index contributed by atoms with van der Waals surface area (Å²) in [5, 5.41) is 9.54. The molecule has 0 aliphatic rings. The van der Waals surface area contributed by atoms with Crippen molar-refractivity contribution in [3.05, 3.63) is 53.3 Å². The van der Waals surface area contributed by atoms with Crippen molar-refractivity contribution in [1.82, 2.24) is 4.98 Å². The smallest absolute Gasteiger partial charge is 0.148 e. The van der Waals surface area contributed by atoms with Crippen molar-refractivity contribution in [2.75, 3.05) is 0 Å². The van der Waals surface area contributed by atoms with Crippen LogP contribution < -0.4 is 0 Å². The molecule has 0 saturated carbocycles. The van der Waals surface area contributed by atoms with Crippen LogP contribution in [0.2, 0.25) is 5.02 Å². The molecule has 1 aromatic carbocycles. The fourth-order valence-electron chi connectivity index (χ4n) is 1.39. The second kappa shape index (κ2) is 4.12. The van der Waals surface area contributed by atoms with Gasteiger partial charge in [-0.05, 0) is 18.2 Å². The Labute approximate surface area is 92.8 Å². The lowest BCUT2D eigenvalue weighted by molar-refractivity contribution is 1.26. The molecule has 3 heteroatoms. The van der Waals surface area contributed by atoms with Gasteiger partial charge in [-0.25, -0.2) is 4.98 Å². The Kier molecular flexibility index (Phi) is 2.66. The van der Waals surface area contributed by atoms with Crippen molar-refractivity contribution in [1.29, 1.82) is 5.26 Å². The maximum Gasteiger partial charge on any atom is 0.148 e. The Balaban J connectivity index is 2.65. The second-order valence-electron chi connectivity index (χ2n) is 2.99. The summed E-state index contributed by atoms with van der Waals surface area (Å²) in [6.07, 6.45) is 1.60. The van der Waals surface area contributed by atoms with Gasteiger partial charge in [0.25, 0.3) is 0 Å². The van der Waals surface area contributed by atoms with Crippen LogP contribution in [-0.2, 0) is 0 Å². The summed E-state index contributed by atoms with van der Waals surface area (Å²) in [4.78, 5) is 3.99. The Bertz CT molecular complexity index is 529. The van der Waals surface area contributed by atoms with Crippen LogP contribution in [0.4, 0.5) is 0 Å². The monoisotopic (exact) mass is 214 g/mol. The average Bonchev–Trinajstić information content (AvgIpc) is 2.30. The molecule has 0 fully saturated rings. The minimum atomic E-state index is 0.394. The van der Waals surface area contributed by atoms with Gasteiger partial charge in [0, 0.05) is 22.3 Å². The molecule has 2 nitrogen and oxygen atoms in total. The molecule has 0 N–H and O–H groups in total. The van der Waals surface area contributed by atoms with Gasteiger partial charge in [-0.15, -0.1) is 0 Å². The molecular formula is C12H7ClN2. The van der Waals surface area contributed by atoms with Crippen LogP contribution in [0.1, 0.15) is 5.69 Å². The van der Waals surface area contributed by atoms with Gasteiger partial charge in [-0.2, -0.15) is 5.26 Å². The van der Waals surface area contributed by atoms with Crippen LogP contribution in [0, 0.1) is 11.3 Å². The van der Waals surface area contributed by atoms with E-state index in [9.17, 15) is 0 Å². The topological polar surface area (TPSA) is 36.7 Å². The molecule has 15 heavy (non-hydrogen) atoms. The SMILES string of the molecule is N#Cc1ncccc1-c1ccccc1Cl. The van der Waals surface area contributed by atoms with Gasteiger partial charge in [0.1, 0.15) is 11.8 Å². The van der Waals surface area contributed by atoms with Crippen LogP contribution in [-0.4, -0.2) is 4.98 Å². The lowest BCUT2D eigenvalue weighted by Gasteiger charge is -2.04. The van der Waals surface area contributed by atoms with E-state index < -0.39 is 0 Å². The minimum absolute atomic E-state index is 0.394. The highest BCUT2D eigenvalue weighted by molar-refractivity contribution is 6.33. The normalized spacial score (nSPS) is 9.60. The number of hydrogen-bond donors (Lipinski definition) is 0. The number of nitrogens with zero attached hydrogens (tertiary/aromatic N) is 2. The highest BCUT2D eigenvalue weighted by atomic mass is 35.5. The third-order valence-corrected chi connectivity index (χ3v) is 2.41. The molecule has 0 spiro atoms. The first-order chi connectivity index (χ1) is 7.33. The summed E-state index contributed by atoms with van der Waals surface area (Å²) in [5.74, 6) is 0. The zero-order valence-electron chi connectivity index (χ0n) is 7.81. The molecular weight excluding hydrogens is 208 g/mol. The van der Waals surface area contributed by atoms with E-state index in [1.165, 1.54) is 0 Å². The third-order valence-electron chi connectivity index (χ3n) is 2.08. The minimum Gasteiger partial charge on any atom is -0.245 e. The molecule has 0 aliphatic heterocycles. The zero-order valence-corrected chi connectivity index (χ0v) is 8.57. The van der Waals surface area contributed by atoms with Gasteiger partial charge in [-0.1, -0.05) is 29.8 Å². The van der Waals surface area contributed by atoms with E-state index >= 15 is 0 Å². The van der Waals surface area contributed by atoms with Gasteiger partial charge in [0.15, 0.2) is 0 Å². The predicted molar refractivity (Wildman–Crippen MR) is 59.4 cm³/mol. The lowest BCUT2D eigenvalue weighted by atomic mass is 10.0. The van der Waals surface area contributed by atoms with Crippen LogP contribution in [0.3, 0.4) is 0 Å². The average molecular weight is 215 g/mol. The Morgan fingerprint density at radius 2 is 1.80 bits per heavy atom. The van der Waals surface area contributed by atoms with Crippen molar-refractivity contribution in [3.8, 4) is 17.2 Å². The van der Waals surface area contributed by atoms with Gasteiger partial charge in [0.2, 0.25) is 0 Å². The molecule has 2 rings (SSSR count). The van der Waals surface area contributed by atoms with Gasteiger partial charge >= 0.3 is 0 Å². The number of hydrogen-bond acceptors (Lipinski definition) is 2. The zero-order chi connectivity index (χ0) is 10.7. The summed E-state index contributed by atoms with van der Waals surface area (Å²) >= 11 is 6.05. The molecule has 0 amide bonds. The summed E-state index contributed by atoms with van der Waals surface area (Å²) < 4.78 is 0. The van der Waals surface area contributed by atoms with Crippen LogP contribution in [0.15, 0.2) is 42.6 Å². The molecule has 0 atom stereocenters. The molecule has 1 aromatic heterocycles. The first-order valence-electron chi connectivity index (χ1n) is 4.43. The molecule has 0 saturated heterocycles. The summed E-state index contributed by atoms with van der Waals surface area (Å²) in [6, 6.07) is 13.1.